The van der Waals surface area contributed by atoms with Crippen LogP contribution in [-0.2, 0) is 0 Å². The molecule has 1 aromatic carbocycles. The zero-order chi connectivity index (χ0) is 14.3. The Labute approximate surface area is 103 Å². The average Bonchev–Trinajstić information content (AvgIpc) is 2.36. The lowest BCUT2D eigenvalue weighted by Crippen LogP contribution is -2.44. The zero-order valence-corrected chi connectivity index (χ0v) is 9.21. The van der Waals surface area contributed by atoms with Gasteiger partial charge in [0.25, 0.3) is 0 Å². The molecule has 0 bridgehead atoms. The molecule has 2 aromatic rings. The number of carbonyl (C=O) groups excluding carboxylic acids is 1. The molecule has 0 fully saturated rings. The van der Waals surface area contributed by atoms with Crippen molar-refractivity contribution in [3.8, 4) is 0 Å². The molecule has 0 aliphatic carbocycles. The molecule has 0 radical (unpaired) electrons. The van der Waals surface area contributed by atoms with Gasteiger partial charge in [0.05, 0.1) is 0 Å². The predicted molar refractivity (Wildman–Crippen MR) is 57.1 cm³/mol. The Morgan fingerprint density at radius 1 is 1.05 bits per heavy atom. The van der Waals surface area contributed by atoms with Crippen molar-refractivity contribution in [3.05, 3.63) is 42.2 Å². The molecule has 0 atom stereocenters. The second kappa shape index (κ2) is 4.25. The van der Waals surface area contributed by atoms with Crippen LogP contribution in [0.25, 0.3) is 10.8 Å². The maximum absolute atomic E-state index is 13.0. The fourth-order valence-electron chi connectivity index (χ4n) is 1.61. The van der Waals surface area contributed by atoms with Gasteiger partial charge in [0.15, 0.2) is 0 Å². The molecule has 100 valence electrons. The van der Waals surface area contributed by atoms with Gasteiger partial charge in [-0.1, -0.05) is 18.2 Å². The van der Waals surface area contributed by atoms with Gasteiger partial charge in [-0.15, -0.1) is 0 Å². The van der Waals surface area contributed by atoms with Gasteiger partial charge in [-0.25, -0.2) is 0 Å². The summed E-state index contributed by atoms with van der Waals surface area (Å²) in [6.07, 6.45) is -3.50. The fraction of sp³-hybridized carbons (Fsp3) is 0.167. The van der Waals surface area contributed by atoms with E-state index in [2.05, 4.69) is 4.98 Å². The smallest absolute Gasteiger partial charge is 0.287 e. The minimum Gasteiger partial charge on any atom is -0.287 e. The van der Waals surface area contributed by atoms with E-state index in [9.17, 15) is 26.7 Å². The molecular weight excluding hydrogens is 269 g/mol. The van der Waals surface area contributed by atoms with E-state index < -0.39 is 23.4 Å². The number of carbonyl (C=O) groups is 1. The number of hydrogen-bond acceptors (Lipinski definition) is 2. The molecule has 0 N–H and O–H groups in total. The lowest BCUT2D eigenvalue weighted by Gasteiger charge is -2.18. The monoisotopic (exact) mass is 275 g/mol. The Morgan fingerprint density at radius 3 is 2.37 bits per heavy atom. The van der Waals surface area contributed by atoms with E-state index in [1.807, 2.05) is 0 Å². The van der Waals surface area contributed by atoms with Gasteiger partial charge in [0.1, 0.15) is 0 Å². The van der Waals surface area contributed by atoms with Crippen molar-refractivity contribution in [2.24, 2.45) is 0 Å². The van der Waals surface area contributed by atoms with E-state index in [-0.39, 0.29) is 5.39 Å². The summed E-state index contributed by atoms with van der Waals surface area (Å²) in [4.78, 5) is 15.1. The summed E-state index contributed by atoms with van der Waals surface area (Å²) in [5, 5.41) is 0.317. The molecule has 2 nitrogen and oxygen atoms in total. The van der Waals surface area contributed by atoms with Crippen LogP contribution in [-0.4, -0.2) is 22.9 Å². The number of fused-ring (bicyclic) bond motifs is 1. The van der Waals surface area contributed by atoms with Gasteiger partial charge < -0.3 is 0 Å². The SMILES string of the molecule is O=C(c1cccc2ccncc12)C(F)(F)C(F)(F)F. The van der Waals surface area contributed by atoms with Crippen molar-refractivity contribution in [2.75, 3.05) is 0 Å². The van der Waals surface area contributed by atoms with Crippen LogP contribution in [0.1, 0.15) is 10.4 Å². The third kappa shape index (κ3) is 2.16. The first-order chi connectivity index (χ1) is 8.75. The molecule has 1 heterocycles. The summed E-state index contributed by atoms with van der Waals surface area (Å²) >= 11 is 0. The Balaban J connectivity index is 2.60. The summed E-state index contributed by atoms with van der Waals surface area (Å²) in [5.41, 5.74) is -0.701. The first kappa shape index (κ1) is 13.4. The number of ketones is 1. The van der Waals surface area contributed by atoms with Gasteiger partial charge in [-0.05, 0) is 11.5 Å². The van der Waals surface area contributed by atoms with Gasteiger partial charge in [0.2, 0.25) is 5.78 Å². The lowest BCUT2D eigenvalue weighted by atomic mass is 9.99. The van der Waals surface area contributed by atoms with Crippen LogP contribution in [0.4, 0.5) is 22.0 Å². The fourth-order valence-corrected chi connectivity index (χ4v) is 1.61. The van der Waals surface area contributed by atoms with E-state index in [1.54, 1.807) is 0 Å². The number of aromatic nitrogens is 1. The molecule has 0 saturated carbocycles. The van der Waals surface area contributed by atoms with Gasteiger partial charge in [-0.2, -0.15) is 22.0 Å². The number of rotatable bonds is 2. The van der Waals surface area contributed by atoms with E-state index >= 15 is 0 Å². The van der Waals surface area contributed by atoms with Crippen LogP contribution in [0.2, 0.25) is 0 Å². The highest BCUT2D eigenvalue weighted by Crippen LogP contribution is 2.39. The molecule has 7 heteroatoms. The Bertz CT molecular complexity index is 630. The van der Waals surface area contributed by atoms with Crippen molar-refractivity contribution in [1.29, 1.82) is 0 Å². The summed E-state index contributed by atoms with van der Waals surface area (Å²) in [5.74, 6) is -7.70. The van der Waals surface area contributed by atoms with Crippen LogP contribution >= 0.6 is 0 Å². The number of halogens is 5. The summed E-state index contributed by atoms with van der Waals surface area (Å²) in [6.45, 7) is 0. The molecular formula is C12H6F5NO. The standard InChI is InChI=1S/C12H6F5NO/c13-11(14,12(15,16)17)10(19)8-3-1-2-7-4-5-18-6-9(7)8/h1-6H. The normalized spacial score (nSPS) is 12.7. The predicted octanol–water partition coefficient (Wildman–Crippen LogP) is 3.62. The van der Waals surface area contributed by atoms with Crippen molar-refractivity contribution in [2.45, 2.75) is 12.1 Å². The molecule has 0 aliphatic rings. The van der Waals surface area contributed by atoms with Crippen molar-refractivity contribution in [3.63, 3.8) is 0 Å². The van der Waals surface area contributed by atoms with Gasteiger partial charge >= 0.3 is 12.1 Å². The van der Waals surface area contributed by atoms with Gasteiger partial charge in [0, 0.05) is 23.3 Å². The van der Waals surface area contributed by atoms with Gasteiger partial charge in [-0.3, -0.25) is 9.78 Å². The van der Waals surface area contributed by atoms with Crippen LogP contribution in [0.5, 0.6) is 0 Å². The Kier molecular flexibility index (Phi) is 3.00. The Morgan fingerprint density at radius 2 is 1.74 bits per heavy atom. The topological polar surface area (TPSA) is 30.0 Å². The number of alkyl halides is 5. The largest absolute Gasteiger partial charge is 0.461 e. The quantitative estimate of drug-likeness (QED) is 0.619. The average molecular weight is 275 g/mol. The zero-order valence-electron chi connectivity index (χ0n) is 9.21. The van der Waals surface area contributed by atoms with Crippen molar-refractivity contribution in [1.82, 2.24) is 4.98 Å². The molecule has 0 amide bonds. The first-order valence-corrected chi connectivity index (χ1v) is 5.07. The van der Waals surface area contributed by atoms with Crippen LogP contribution in [0.3, 0.4) is 0 Å². The number of Topliss-reactive ketones (excluding diaryl/α,β-unsaturated/α-hetero) is 1. The molecule has 0 spiro atoms. The minimum absolute atomic E-state index is 0.0427. The Hall–Kier alpha value is -2.05. The second-order valence-electron chi connectivity index (χ2n) is 3.80. The molecule has 2 rings (SSSR count). The maximum Gasteiger partial charge on any atom is 0.461 e. The second-order valence-corrected chi connectivity index (χ2v) is 3.80. The minimum atomic E-state index is -5.92. The molecule has 19 heavy (non-hydrogen) atoms. The molecule has 1 aromatic heterocycles. The van der Waals surface area contributed by atoms with Crippen LogP contribution < -0.4 is 0 Å². The number of benzene rings is 1. The third-order valence-corrected chi connectivity index (χ3v) is 2.57. The third-order valence-electron chi connectivity index (χ3n) is 2.57. The highest BCUT2D eigenvalue weighted by Gasteiger charge is 2.63. The summed E-state index contributed by atoms with van der Waals surface area (Å²) < 4.78 is 62.6. The van der Waals surface area contributed by atoms with E-state index in [1.165, 1.54) is 24.4 Å². The molecule has 0 saturated heterocycles. The highest BCUT2D eigenvalue weighted by molar-refractivity contribution is 6.11. The molecule has 0 aliphatic heterocycles. The van der Waals surface area contributed by atoms with Crippen molar-refractivity contribution >= 4 is 16.6 Å². The first-order valence-electron chi connectivity index (χ1n) is 5.07. The van der Waals surface area contributed by atoms with Crippen LogP contribution in [0.15, 0.2) is 36.7 Å². The molecule has 0 unspecified atom stereocenters. The van der Waals surface area contributed by atoms with E-state index in [0.717, 1.165) is 12.3 Å². The number of pyridine rings is 1. The van der Waals surface area contributed by atoms with E-state index in [0.29, 0.717) is 5.39 Å². The highest BCUT2D eigenvalue weighted by atomic mass is 19.4. The lowest BCUT2D eigenvalue weighted by molar-refractivity contribution is -0.255. The summed E-state index contributed by atoms with van der Waals surface area (Å²) in [6, 6.07) is 5.06. The maximum atomic E-state index is 13.0. The van der Waals surface area contributed by atoms with Crippen LogP contribution in [0, 0.1) is 0 Å². The summed E-state index contributed by atoms with van der Waals surface area (Å²) in [7, 11) is 0. The number of nitrogens with zero attached hydrogens (tertiary/aromatic N) is 1. The van der Waals surface area contributed by atoms with Crippen molar-refractivity contribution < 1.29 is 26.7 Å². The number of hydrogen-bond donors (Lipinski definition) is 0. The van der Waals surface area contributed by atoms with E-state index in [4.69, 9.17) is 0 Å².